The summed E-state index contributed by atoms with van der Waals surface area (Å²) < 4.78 is 6.20. The molecule has 0 fully saturated rings. The van der Waals surface area contributed by atoms with Gasteiger partial charge in [-0.1, -0.05) is 25.2 Å². The Kier molecular flexibility index (Phi) is 3.72. The molecular formula is C13H13N5O3S. The Morgan fingerprint density at radius 3 is 3.00 bits per heavy atom. The molecule has 1 amide bonds. The van der Waals surface area contributed by atoms with Gasteiger partial charge in [0.1, 0.15) is 11.6 Å². The zero-order valence-electron chi connectivity index (χ0n) is 11.9. The lowest BCUT2D eigenvalue weighted by molar-refractivity contribution is -0.116. The van der Waals surface area contributed by atoms with Crippen LogP contribution in [0.25, 0.3) is 11.2 Å². The Morgan fingerprint density at radius 2 is 2.27 bits per heavy atom. The molecule has 0 aromatic carbocycles. The molecule has 3 rings (SSSR count). The number of rotatable bonds is 4. The Hall–Kier alpha value is -2.55. The second kappa shape index (κ2) is 5.68. The number of pyridine rings is 1. The number of oxazole rings is 1. The number of nitrogens with zero attached hydrogens (tertiary/aromatic N) is 4. The first-order valence-corrected chi connectivity index (χ1v) is 7.44. The van der Waals surface area contributed by atoms with Gasteiger partial charge in [-0.25, -0.2) is 14.3 Å². The quantitative estimate of drug-likeness (QED) is 0.783. The van der Waals surface area contributed by atoms with Crippen molar-refractivity contribution in [3.8, 4) is 0 Å². The van der Waals surface area contributed by atoms with Crippen molar-refractivity contribution in [2.24, 2.45) is 0 Å². The maximum Gasteiger partial charge on any atom is 0.421 e. The predicted molar refractivity (Wildman–Crippen MR) is 80.9 cm³/mol. The zero-order valence-corrected chi connectivity index (χ0v) is 12.8. The molecule has 0 unspecified atom stereocenters. The van der Waals surface area contributed by atoms with E-state index in [0.717, 1.165) is 5.01 Å². The molecule has 0 aliphatic rings. The van der Waals surface area contributed by atoms with Crippen molar-refractivity contribution in [3.05, 3.63) is 33.9 Å². The number of nitrogens with one attached hydrogen (secondary N) is 1. The normalized spacial score (nSPS) is 11.2. The molecule has 0 radical (unpaired) electrons. The first kappa shape index (κ1) is 14.4. The summed E-state index contributed by atoms with van der Waals surface area (Å²) in [5, 5.41) is 11.8. The standard InChI is InChI=1S/C13H13N5O3S/c1-7(2)11-16-17-12(22-11)15-9(19)6-18-10-8(21-13(18)20)4-3-5-14-10/h3-5,7H,6H2,1-2H3,(H,15,17,19). The van der Waals surface area contributed by atoms with E-state index in [2.05, 4.69) is 20.5 Å². The highest BCUT2D eigenvalue weighted by molar-refractivity contribution is 7.15. The Morgan fingerprint density at radius 1 is 1.45 bits per heavy atom. The lowest BCUT2D eigenvalue weighted by Gasteiger charge is -2.01. The highest BCUT2D eigenvalue weighted by Gasteiger charge is 2.15. The second-order valence-electron chi connectivity index (χ2n) is 4.93. The van der Waals surface area contributed by atoms with Gasteiger partial charge in [0.05, 0.1) is 0 Å². The molecule has 0 atom stereocenters. The van der Waals surface area contributed by atoms with Crippen LogP contribution in [0, 0.1) is 0 Å². The van der Waals surface area contributed by atoms with E-state index in [0.29, 0.717) is 16.4 Å². The van der Waals surface area contributed by atoms with E-state index in [-0.39, 0.29) is 18.4 Å². The molecule has 8 nitrogen and oxygen atoms in total. The number of aromatic nitrogens is 4. The number of hydrogen-bond acceptors (Lipinski definition) is 7. The third kappa shape index (κ3) is 2.75. The topological polar surface area (TPSA) is 103 Å². The summed E-state index contributed by atoms with van der Waals surface area (Å²) in [6, 6.07) is 3.28. The van der Waals surface area contributed by atoms with Crippen LogP contribution in [-0.4, -0.2) is 25.7 Å². The first-order valence-electron chi connectivity index (χ1n) is 6.62. The molecule has 3 heterocycles. The fraction of sp³-hybridized carbons (Fsp3) is 0.308. The maximum absolute atomic E-state index is 12.1. The van der Waals surface area contributed by atoms with Gasteiger partial charge in [0.25, 0.3) is 0 Å². The van der Waals surface area contributed by atoms with E-state index in [1.165, 1.54) is 22.1 Å². The average Bonchev–Trinajstić information content (AvgIpc) is 3.05. The molecule has 114 valence electrons. The van der Waals surface area contributed by atoms with Gasteiger partial charge in [-0.2, -0.15) is 0 Å². The molecule has 3 aromatic rings. The van der Waals surface area contributed by atoms with Crippen molar-refractivity contribution in [2.45, 2.75) is 26.3 Å². The largest absolute Gasteiger partial charge is 0.421 e. The van der Waals surface area contributed by atoms with Crippen molar-refractivity contribution < 1.29 is 9.21 Å². The van der Waals surface area contributed by atoms with Gasteiger partial charge in [-0.05, 0) is 12.1 Å². The van der Waals surface area contributed by atoms with Gasteiger partial charge in [-0.3, -0.25) is 10.1 Å². The molecule has 0 aliphatic carbocycles. The second-order valence-corrected chi connectivity index (χ2v) is 5.94. The van der Waals surface area contributed by atoms with Crippen LogP contribution in [0.5, 0.6) is 0 Å². The number of fused-ring (bicyclic) bond motifs is 1. The number of anilines is 1. The molecule has 1 N–H and O–H groups in total. The molecular weight excluding hydrogens is 306 g/mol. The van der Waals surface area contributed by atoms with Gasteiger partial charge in [-0.15, -0.1) is 10.2 Å². The van der Waals surface area contributed by atoms with Crippen LogP contribution in [0.4, 0.5) is 5.13 Å². The summed E-state index contributed by atoms with van der Waals surface area (Å²) in [5.41, 5.74) is 0.682. The molecule has 0 saturated carbocycles. The number of carbonyl (C=O) groups is 1. The number of carbonyl (C=O) groups excluding carboxylic acids is 1. The molecule has 0 bridgehead atoms. The van der Waals surface area contributed by atoms with Gasteiger partial charge in [0, 0.05) is 12.1 Å². The Bertz CT molecular complexity index is 879. The van der Waals surface area contributed by atoms with Crippen molar-refractivity contribution in [3.63, 3.8) is 0 Å². The minimum absolute atomic E-state index is 0.195. The van der Waals surface area contributed by atoms with E-state index in [1.807, 2.05) is 13.8 Å². The number of amides is 1. The van der Waals surface area contributed by atoms with E-state index in [1.54, 1.807) is 12.1 Å². The summed E-state index contributed by atoms with van der Waals surface area (Å²) >= 11 is 1.31. The molecule has 3 aromatic heterocycles. The van der Waals surface area contributed by atoms with Crippen molar-refractivity contribution >= 4 is 33.6 Å². The van der Waals surface area contributed by atoms with Crippen molar-refractivity contribution in [1.82, 2.24) is 19.7 Å². The SMILES string of the molecule is CC(C)c1nnc(NC(=O)Cn2c(=O)oc3cccnc32)s1. The van der Waals surface area contributed by atoms with Crippen molar-refractivity contribution in [1.29, 1.82) is 0 Å². The average molecular weight is 319 g/mol. The van der Waals surface area contributed by atoms with Gasteiger partial charge in [0.15, 0.2) is 11.2 Å². The molecule has 9 heteroatoms. The summed E-state index contributed by atoms with van der Waals surface area (Å²) in [6.07, 6.45) is 1.53. The number of hydrogen-bond donors (Lipinski definition) is 1. The highest BCUT2D eigenvalue weighted by Crippen LogP contribution is 2.22. The monoisotopic (exact) mass is 319 g/mol. The fourth-order valence-corrected chi connectivity index (χ4v) is 2.62. The molecule has 0 saturated heterocycles. The third-order valence-corrected chi connectivity index (χ3v) is 4.05. The minimum Gasteiger partial charge on any atom is -0.406 e. The van der Waals surface area contributed by atoms with E-state index >= 15 is 0 Å². The van der Waals surface area contributed by atoms with Crippen LogP contribution >= 0.6 is 11.3 Å². The Labute approximate surface area is 128 Å². The zero-order chi connectivity index (χ0) is 15.7. The summed E-state index contributed by atoms with van der Waals surface area (Å²) in [7, 11) is 0. The molecule has 0 spiro atoms. The fourth-order valence-electron chi connectivity index (χ4n) is 1.86. The van der Waals surface area contributed by atoms with Gasteiger partial charge in [0.2, 0.25) is 11.0 Å². The smallest absolute Gasteiger partial charge is 0.406 e. The predicted octanol–water partition coefficient (Wildman–Crippen LogP) is 1.60. The lowest BCUT2D eigenvalue weighted by Crippen LogP contribution is -2.25. The van der Waals surface area contributed by atoms with Crippen LogP contribution in [0.1, 0.15) is 24.8 Å². The van der Waals surface area contributed by atoms with Gasteiger partial charge >= 0.3 is 5.76 Å². The van der Waals surface area contributed by atoms with Crippen LogP contribution in [0.2, 0.25) is 0 Å². The maximum atomic E-state index is 12.1. The van der Waals surface area contributed by atoms with E-state index in [9.17, 15) is 9.59 Å². The summed E-state index contributed by atoms with van der Waals surface area (Å²) in [4.78, 5) is 27.9. The summed E-state index contributed by atoms with van der Waals surface area (Å²) in [6.45, 7) is 3.79. The summed E-state index contributed by atoms with van der Waals surface area (Å²) in [5.74, 6) is -0.765. The van der Waals surface area contributed by atoms with Crippen molar-refractivity contribution in [2.75, 3.05) is 5.32 Å². The first-order chi connectivity index (χ1) is 10.5. The van der Waals surface area contributed by atoms with Crippen LogP contribution in [-0.2, 0) is 11.3 Å². The third-order valence-electron chi connectivity index (χ3n) is 2.91. The van der Waals surface area contributed by atoms with E-state index in [4.69, 9.17) is 4.42 Å². The van der Waals surface area contributed by atoms with Crippen LogP contribution < -0.4 is 11.1 Å². The van der Waals surface area contributed by atoms with Crippen LogP contribution in [0.3, 0.4) is 0 Å². The van der Waals surface area contributed by atoms with E-state index < -0.39 is 5.76 Å². The minimum atomic E-state index is -0.621. The Balaban J connectivity index is 1.78. The van der Waals surface area contributed by atoms with Gasteiger partial charge < -0.3 is 4.42 Å². The van der Waals surface area contributed by atoms with Crippen LogP contribution in [0.15, 0.2) is 27.5 Å². The molecule has 0 aliphatic heterocycles. The highest BCUT2D eigenvalue weighted by atomic mass is 32.1. The molecule has 22 heavy (non-hydrogen) atoms. The lowest BCUT2D eigenvalue weighted by atomic mass is 10.2.